The van der Waals surface area contributed by atoms with E-state index < -0.39 is 58.7 Å². The van der Waals surface area contributed by atoms with Gasteiger partial charge in [-0.2, -0.15) is 0 Å². The lowest BCUT2D eigenvalue weighted by atomic mass is 9.84. The largest absolute Gasteiger partial charge is 0.737 e. The smallest absolute Gasteiger partial charge is 0.394 e. The van der Waals surface area contributed by atoms with Crippen molar-refractivity contribution in [3.63, 3.8) is 0 Å². The number of benzene rings is 3. The minimum Gasteiger partial charge on any atom is -0.394 e. The molecular weight excluding hydrogens is 974 g/mol. The number of halogens is 2. The van der Waals surface area contributed by atoms with Gasteiger partial charge in [0, 0.05) is 73.6 Å². The number of nitrogens with one attached hydrogen (secondary N) is 3. The molecule has 3 amide bonds. The van der Waals surface area contributed by atoms with Gasteiger partial charge in [-0.15, -0.1) is 5.10 Å². The van der Waals surface area contributed by atoms with Crippen LogP contribution in [0.1, 0.15) is 110 Å². The summed E-state index contributed by atoms with van der Waals surface area (Å²) in [6, 6.07) is 22.3. The SMILES string of the molecule is CC1=CC(C)=[N+]2C1=C(CCCCc1cn([C@@H](Cc3ccccc3)C(=O)N[C@@H](Cc3ccc(CN)cc3)C(=O)N[C@@H](CC(C)C)C(=O)N[C@H](/C=C/S(C)(=O)=O)Cc3ccc(CN)cc3)nn1)c1c(C)cc(C)n1[B-]2(F)F. The van der Waals surface area contributed by atoms with Gasteiger partial charge in [-0.05, 0) is 110 Å². The van der Waals surface area contributed by atoms with Crippen LogP contribution in [0.5, 0.6) is 0 Å². The number of unbranched alkanes of at least 4 members (excludes halogenated alkanes) is 1. The molecule has 5 aromatic rings. The van der Waals surface area contributed by atoms with Crippen LogP contribution in [0.25, 0.3) is 5.57 Å². The van der Waals surface area contributed by atoms with Crippen molar-refractivity contribution >= 4 is 45.8 Å². The number of carbonyl (C=O) groups is 3. The molecule has 0 fully saturated rings. The van der Waals surface area contributed by atoms with Crippen LogP contribution in [0.15, 0.2) is 120 Å². The fourth-order valence-electron chi connectivity index (χ4n) is 10.3. The maximum atomic E-state index is 16.2. The van der Waals surface area contributed by atoms with Crippen molar-refractivity contribution in [2.24, 2.45) is 17.4 Å². The third-order valence-corrected chi connectivity index (χ3v) is 14.5. The molecule has 4 heterocycles. The van der Waals surface area contributed by atoms with Crippen molar-refractivity contribution in [2.75, 3.05) is 6.26 Å². The summed E-state index contributed by atoms with van der Waals surface area (Å²) in [4.78, 5) is 43.8. The summed E-state index contributed by atoms with van der Waals surface area (Å²) in [5, 5.41) is 18.9. The quantitative estimate of drug-likeness (QED) is 0.0327. The lowest BCUT2D eigenvalue weighted by Gasteiger charge is -2.34. The number of carbonyl (C=O) groups excluding carboxylic acids is 3. The van der Waals surface area contributed by atoms with Gasteiger partial charge < -0.3 is 45.0 Å². The number of rotatable bonds is 24. The molecule has 75 heavy (non-hydrogen) atoms. The van der Waals surface area contributed by atoms with Gasteiger partial charge in [0.2, 0.25) is 17.7 Å². The molecule has 3 aromatic carbocycles. The molecule has 0 bridgehead atoms. The molecule has 398 valence electrons. The maximum absolute atomic E-state index is 16.2. The first kappa shape index (κ1) is 55.9. The van der Waals surface area contributed by atoms with Crippen molar-refractivity contribution in [3.8, 4) is 0 Å². The fourth-order valence-corrected chi connectivity index (χ4v) is 10.7. The topological polar surface area (TPSA) is 212 Å². The summed E-state index contributed by atoms with van der Waals surface area (Å²) >= 11 is 0. The number of allylic oxidation sites excluding steroid dienone is 3. The van der Waals surface area contributed by atoms with E-state index in [-0.39, 0.29) is 31.6 Å². The number of nitrogens with two attached hydrogens (primary N) is 2. The van der Waals surface area contributed by atoms with Gasteiger partial charge >= 0.3 is 6.97 Å². The number of sulfone groups is 1. The molecular formula is C56H71BF2N10O5S. The van der Waals surface area contributed by atoms with E-state index in [1.807, 2.05) is 119 Å². The predicted molar refractivity (Wildman–Crippen MR) is 291 cm³/mol. The van der Waals surface area contributed by atoms with Crippen LogP contribution in [0.2, 0.25) is 0 Å². The molecule has 15 nitrogen and oxygen atoms in total. The molecule has 0 saturated carbocycles. The molecule has 2 aliphatic heterocycles. The lowest BCUT2D eigenvalue weighted by molar-refractivity contribution is -0.363. The standard InChI is InChI=1S/C56H71BF2N10O5S/c1-36(2)27-49(54(70)62-46(25-26-75(7,73)74)30-42-17-21-44(33-60)22-18-42)63-55(71)50(31-43-19-23-45(34-61)24-20-43)64-56(72)51(32-41-13-9-8-10-14-41)67-35-47(65-66-67)15-11-12-16-48-52-37(3)28-39(5)68(52)57(58,59)69-40(6)29-38(4)53(48)69/h8-10,13-14,17-26,28-29,35-36,46,49-51H,11-12,15-16,27,30-34,60-61H2,1-7H3,(H,62,70)(H,63,71)(H,64,72)/b26-25+/t46-,49+,50+,51+/m1/s1. The second kappa shape index (κ2) is 24.2. The first-order valence-corrected chi connectivity index (χ1v) is 27.7. The number of amides is 3. The van der Waals surface area contributed by atoms with Crippen LogP contribution in [0.3, 0.4) is 0 Å². The molecule has 19 heteroatoms. The number of hydrogen-bond donors (Lipinski definition) is 5. The van der Waals surface area contributed by atoms with Crippen LogP contribution in [-0.4, -0.2) is 87.2 Å². The number of aryl methyl sites for hydroxylation is 3. The number of aromatic nitrogens is 4. The predicted octanol–water partition coefficient (Wildman–Crippen LogP) is 6.74. The van der Waals surface area contributed by atoms with Gasteiger partial charge in [-0.1, -0.05) is 104 Å². The molecule has 0 unspecified atom stereocenters. The zero-order valence-electron chi connectivity index (χ0n) is 44.0. The highest BCUT2D eigenvalue weighted by Gasteiger charge is 2.54. The zero-order valence-corrected chi connectivity index (χ0v) is 44.8. The molecule has 0 aliphatic carbocycles. The Kier molecular flexibility index (Phi) is 18.1. The van der Waals surface area contributed by atoms with Gasteiger partial charge in [-0.25, -0.2) is 13.1 Å². The highest BCUT2D eigenvalue weighted by atomic mass is 32.2. The average Bonchev–Trinajstić information content (AvgIpc) is 4.06. The molecule has 0 radical (unpaired) electrons. The second-order valence-electron chi connectivity index (χ2n) is 20.5. The van der Waals surface area contributed by atoms with Crippen LogP contribution in [-0.2, 0) is 63.0 Å². The Morgan fingerprint density at radius 2 is 1.33 bits per heavy atom. The first-order chi connectivity index (χ1) is 35.6. The number of nitrogens with zero attached hydrogens (tertiary/aromatic N) is 5. The van der Waals surface area contributed by atoms with E-state index in [1.54, 1.807) is 20.0 Å². The molecule has 2 aromatic heterocycles. The van der Waals surface area contributed by atoms with Crippen LogP contribution in [0.4, 0.5) is 8.63 Å². The highest BCUT2D eigenvalue weighted by molar-refractivity contribution is 7.93. The van der Waals surface area contributed by atoms with Crippen LogP contribution >= 0.6 is 0 Å². The van der Waals surface area contributed by atoms with Crippen molar-refractivity contribution in [1.82, 2.24) is 35.4 Å². The Labute approximate surface area is 439 Å². The Morgan fingerprint density at radius 1 is 0.760 bits per heavy atom. The number of fused-ring (bicyclic) bond motifs is 2. The van der Waals surface area contributed by atoms with Gasteiger partial charge in [0.05, 0.1) is 11.7 Å². The summed E-state index contributed by atoms with van der Waals surface area (Å²) in [6.45, 7) is 7.68. The van der Waals surface area contributed by atoms with E-state index >= 15 is 8.63 Å². The first-order valence-electron chi connectivity index (χ1n) is 25.7. The van der Waals surface area contributed by atoms with Crippen molar-refractivity contribution in [1.29, 1.82) is 0 Å². The average molecular weight is 1050 g/mol. The van der Waals surface area contributed by atoms with E-state index in [9.17, 15) is 22.8 Å². The van der Waals surface area contributed by atoms with E-state index in [1.165, 1.54) is 19.7 Å². The van der Waals surface area contributed by atoms with E-state index in [0.717, 1.165) is 56.2 Å². The van der Waals surface area contributed by atoms with Crippen molar-refractivity contribution in [3.05, 3.63) is 170 Å². The molecule has 4 atom stereocenters. The summed E-state index contributed by atoms with van der Waals surface area (Å²) in [6.07, 6.45) is 9.29. The van der Waals surface area contributed by atoms with Crippen molar-refractivity contribution < 1.29 is 35.9 Å². The van der Waals surface area contributed by atoms with Gasteiger partial charge in [0.25, 0.3) is 0 Å². The van der Waals surface area contributed by atoms with E-state index in [4.69, 9.17) is 11.5 Å². The summed E-state index contributed by atoms with van der Waals surface area (Å²) in [5.74, 6) is -1.67. The van der Waals surface area contributed by atoms with Gasteiger partial charge in [0.1, 0.15) is 23.8 Å². The third kappa shape index (κ3) is 13.9. The maximum Gasteiger partial charge on any atom is 0.737 e. The Morgan fingerprint density at radius 3 is 1.95 bits per heavy atom. The Balaban J connectivity index is 1.11. The molecule has 2 aliphatic rings. The van der Waals surface area contributed by atoms with Crippen molar-refractivity contribution in [2.45, 2.75) is 130 Å². The zero-order chi connectivity index (χ0) is 54.2. The second-order valence-corrected chi connectivity index (χ2v) is 22.4. The normalized spacial score (nSPS) is 15.9. The number of hydrogen-bond acceptors (Lipinski definition) is 9. The minimum absolute atomic E-state index is 0.0511. The fraction of sp³-hybridized carbons (Fsp3) is 0.393. The summed E-state index contributed by atoms with van der Waals surface area (Å²) < 4.78 is 60.8. The molecule has 7 N–H and O–H groups in total. The third-order valence-electron chi connectivity index (χ3n) is 13.9. The summed E-state index contributed by atoms with van der Waals surface area (Å²) in [5.41, 5.74) is 21.3. The Bertz CT molecular complexity index is 3110. The summed E-state index contributed by atoms with van der Waals surface area (Å²) in [7, 11) is -3.55. The van der Waals surface area contributed by atoms with Crippen LogP contribution in [0, 0.1) is 19.8 Å². The lowest BCUT2D eigenvalue weighted by Crippen LogP contribution is -2.56. The monoisotopic (exact) mass is 1040 g/mol. The Hall–Kier alpha value is -6.83. The van der Waals surface area contributed by atoms with E-state index in [2.05, 4.69) is 26.3 Å². The molecule has 7 rings (SSSR count). The van der Waals surface area contributed by atoms with Gasteiger partial charge in [-0.3, -0.25) is 14.4 Å². The van der Waals surface area contributed by atoms with Crippen LogP contribution < -0.4 is 27.4 Å². The van der Waals surface area contributed by atoms with Gasteiger partial charge in [0.15, 0.2) is 15.5 Å². The molecule has 0 saturated heterocycles. The van der Waals surface area contributed by atoms with E-state index in [0.29, 0.717) is 67.3 Å². The highest BCUT2D eigenvalue weighted by Crippen LogP contribution is 2.43. The minimum atomic E-state index is -4.06. The molecule has 0 spiro atoms.